The van der Waals surface area contributed by atoms with Gasteiger partial charge in [0.1, 0.15) is 0 Å². The Morgan fingerprint density at radius 3 is 2.61 bits per heavy atom. The molecule has 0 amide bonds. The zero-order valence-corrected chi connectivity index (χ0v) is 12.4. The highest BCUT2D eigenvalue weighted by atomic mass is 16.5. The van der Waals surface area contributed by atoms with Crippen LogP contribution in [0.5, 0.6) is 0 Å². The average Bonchev–Trinajstić information content (AvgIpc) is 2.76. The number of methoxy groups -OCH3 is 1. The summed E-state index contributed by atoms with van der Waals surface area (Å²) in [5.41, 5.74) is 2.43. The number of aryl methyl sites for hydroxylation is 2. The monoisotopic (exact) mass is 253 g/mol. The van der Waals surface area contributed by atoms with E-state index in [0.717, 1.165) is 26.1 Å². The van der Waals surface area contributed by atoms with Gasteiger partial charge in [0.2, 0.25) is 0 Å². The number of nitrogens with one attached hydrogen (secondary N) is 1. The molecule has 4 nitrogen and oxygen atoms in total. The molecular formula is C14H27N3O. The minimum atomic E-state index is 0.389. The second-order valence-corrected chi connectivity index (χ2v) is 4.98. The van der Waals surface area contributed by atoms with E-state index in [2.05, 4.69) is 48.9 Å². The molecule has 0 saturated heterocycles. The highest BCUT2D eigenvalue weighted by Gasteiger charge is 2.14. The van der Waals surface area contributed by atoms with E-state index in [1.54, 1.807) is 7.11 Å². The van der Waals surface area contributed by atoms with Crippen molar-refractivity contribution in [1.82, 2.24) is 15.1 Å². The fraction of sp³-hybridized carbons (Fsp3) is 0.786. The van der Waals surface area contributed by atoms with Crippen LogP contribution in [0.4, 0.5) is 0 Å². The molecule has 0 bridgehead atoms. The van der Waals surface area contributed by atoms with Gasteiger partial charge in [0.05, 0.1) is 18.0 Å². The van der Waals surface area contributed by atoms with Crippen molar-refractivity contribution in [3.63, 3.8) is 0 Å². The summed E-state index contributed by atoms with van der Waals surface area (Å²) in [5, 5.41) is 8.12. The standard InChI is InChI=1S/C14H27N3O/c1-6-12-8-13(17(7-2)16-12)9-15-14(10-18-5)11(3)4/h8,11,14-15H,6-7,9-10H2,1-5H3. The van der Waals surface area contributed by atoms with Crippen LogP contribution in [0, 0.1) is 5.92 Å². The summed E-state index contributed by atoms with van der Waals surface area (Å²) in [6.07, 6.45) is 0.992. The second-order valence-electron chi connectivity index (χ2n) is 4.98. The molecule has 0 radical (unpaired) electrons. The molecule has 0 aliphatic carbocycles. The van der Waals surface area contributed by atoms with Crippen LogP contribution in [0.3, 0.4) is 0 Å². The van der Waals surface area contributed by atoms with Crippen molar-refractivity contribution in [2.24, 2.45) is 5.92 Å². The van der Waals surface area contributed by atoms with E-state index in [9.17, 15) is 0 Å². The van der Waals surface area contributed by atoms with E-state index in [-0.39, 0.29) is 0 Å². The van der Waals surface area contributed by atoms with Gasteiger partial charge in [0, 0.05) is 26.2 Å². The van der Waals surface area contributed by atoms with E-state index >= 15 is 0 Å². The number of ether oxygens (including phenoxy) is 1. The molecule has 1 N–H and O–H groups in total. The van der Waals surface area contributed by atoms with Gasteiger partial charge in [-0.25, -0.2) is 0 Å². The fourth-order valence-electron chi connectivity index (χ4n) is 2.01. The van der Waals surface area contributed by atoms with Crippen LogP contribution in [0.1, 0.15) is 39.1 Å². The molecule has 1 aromatic rings. The van der Waals surface area contributed by atoms with E-state index in [1.807, 2.05) is 0 Å². The molecule has 1 rings (SSSR count). The van der Waals surface area contributed by atoms with Gasteiger partial charge in [-0.2, -0.15) is 5.10 Å². The molecule has 0 saturated carbocycles. The molecule has 0 aromatic carbocycles. The van der Waals surface area contributed by atoms with Crippen LogP contribution in [-0.2, 0) is 24.2 Å². The third-order valence-corrected chi connectivity index (χ3v) is 3.27. The lowest BCUT2D eigenvalue weighted by atomic mass is 10.1. The van der Waals surface area contributed by atoms with Crippen LogP contribution >= 0.6 is 0 Å². The second kappa shape index (κ2) is 7.54. The number of nitrogens with zero attached hydrogens (tertiary/aromatic N) is 2. The molecule has 104 valence electrons. The molecule has 0 spiro atoms. The molecule has 1 heterocycles. The van der Waals surface area contributed by atoms with E-state index in [1.165, 1.54) is 11.4 Å². The molecule has 1 atom stereocenters. The quantitative estimate of drug-likeness (QED) is 0.772. The van der Waals surface area contributed by atoms with Gasteiger partial charge in [0.25, 0.3) is 0 Å². The van der Waals surface area contributed by atoms with Gasteiger partial charge in [-0.1, -0.05) is 20.8 Å². The number of aromatic nitrogens is 2. The predicted octanol–water partition coefficient (Wildman–Crippen LogP) is 2.23. The van der Waals surface area contributed by atoms with Gasteiger partial charge in [-0.05, 0) is 25.3 Å². The first kappa shape index (κ1) is 15.2. The first-order chi connectivity index (χ1) is 8.62. The zero-order chi connectivity index (χ0) is 13.5. The van der Waals surface area contributed by atoms with Crippen molar-refractivity contribution in [3.05, 3.63) is 17.5 Å². The summed E-state index contributed by atoms with van der Waals surface area (Å²) in [7, 11) is 1.75. The van der Waals surface area contributed by atoms with Crippen LogP contribution in [0.15, 0.2) is 6.07 Å². The summed E-state index contributed by atoms with van der Waals surface area (Å²) < 4.78 is 7.33. The lowest BCUT2D eigenvalue weighted by Gasteiger charge is -2.21. The Hall–Kier alpha value is -0.870. The molecule has 4 heteroatoms. The minimum Gasteiger partial charge on any atom is -0.383 e. The Morgan fingerprint density at radius 2 is 2.11 bits per heavy atom. The lowest BCUT2D eigenvalue weighted by molar-refractivity contribution is 0.146. The zero-order valence-electron chi connectivity index (χ0n) is 12.4. The van der Waals surface area contributed by atoms with E-state index in [4.69, 9.17) is 4.74 Å². The van der Waals surface area contributed by atoms with Gasteiger partial charge < -0.3 is 10.1 Å². The third kappa shape index (κ3) is 4.10. The third-order valence-electron chi connectivity index (χ3n) is 3.27. The van der Waals surface area contributed by atoms with Gasteiger partial charge in [0.15, 0.2) is 0 Å². The summed E-state index contributed by atoms with van der Waals surface area (Å²) in [5.74, 6) is 0.564. The maximum absolute atomic E-state index is 5.25. The number of rotatable bonds is 8. The van der Waals surface area contributed by atoms with Crippen molar-refractivity contribution in [2.75, 3.05) is 13.7 Å². The first-order valence-electron chi connectivity index (χ1n) is 6.90. The van der Waals surface area contributed by atoms with Crippen molar-refractivity contribution in [2.45, 2.75) is 53.2 Å². The van der Waals surface area contributed by atoms with Gasteiger partial charge in [-0.15, -0.1) is 0 Å². The Bertz CT molecular complexity index is 347. The van der Waals surface area contributed by atoms with E-state index < -0.39 is 0 Å². The van der Waals surface area contributed by atoms with Crippen LogP contribution in [0.2, 0.25) is 0 Å². The van der Waals surface area contributed by atoms with Gasteiger partial charge in [-0.3, -0.25) is 4.68 Å². The largest absolute Gasteiger partial charge is 0.383 e. The van der Waals surface area contributed by atoms with Gasteiger partial charge >= 0.3 is 0 Å². The van der Waals surface area contributed by atoms with Crippen LogP contribution in [0.25, 0.3) is 0 Å². The summed E-state index contributed by atoms with van der Waals surface area (Å²) in [6, 6.07) is 2.58. The Kier molecular flexibility index (Phi) is 6.36. The fourth-order valence-corrected chi connectivity index (χ4v) is 2.01. The smallest absolute Gasteiger partial charge is 0.0625 e. The molecule has 18 heavy (non-hydrogen) atoms. The van der Waals surface area contributed by atoms with Crippen LogP contribution in [-0.4, -0.2) is 29.5 Å². The Labute approximate surface area is 111 Å². The molecule has 0 aliphatic rings. The van der Waals surface area contributed by atoms with Crippen LogP contribution < -0.4 is 5.32 Å². The normalized spacial score (nSPS) is 13.2. The first-order valence-corrected chi connectivity index (χ1v) is 6.90. The van der Waals surface area contributed by atoms with Crippen molar-refractivity contribution >= 4 is 0 Å². The molecule has 0 aliphatic heterocycles. The minimum absolute atomic E-state index is 0.389. The molecule has 1 aromatic heterocycles. The predicted molar refractivity (Wildman–Crippen MR) is 74.6 cm³/mol. The van der Waals surface area contributed by atoms with E-state index in [0.29, 0.717) is 12.0 Å². The highest BCUT2D eigenvalue weighted by Crippen LogP contribution is 2.08. The molecular weight excluding hydrogens is 226 g/mol. The summed E-state index contributed by atoms with van der Waals surface area (Å²) in [4.78, 5) is 0. The summed E-state index contributed by atoms with van der Waals surface area (Å²) >= 11 is 0. The average molecular weight is 253 g/mol. The highest BCUT2D eigenvalue weighted by molar-refractivity contribution is 5.10. The molecule has 1 unspecified atom stereocenters. The van der Waals surface area contributed by atoms with Crippen molar-refractivity contribution in [1.29, 1.82) is 0 Å². The lowest BCUT2D eigenvalue weighted by Crippen LogP contribution is -2.37. The number of hydrogen-bond donors (Lipinski definition) is 1. The number of hydrogen-bond acceptors (Lipinski definition) is 3. The van der Waals surface area contributed by atoms with Crippen molar-refractivity contribution < 1.29 is 4.74 Å². The topological polar surface area (TPSA) is 39.1 Å². The summed E-state index contributed by atoms with van der Waals surface area (Å²) in [6.45, 7) is 11.2. The maximum atomic E-state index is 5.25. The Balaban J connectivity index is 2.63. The van der Waals surface area contributed by atoms with Crippen molar-refractivity contribution in [3.8, 4) is 0 Å². The maximum Gasteiger partial charge on any atom is 0.0625 e. The SMILES string of the molecule is CCc1cc(CNC(COC)C(C)C)n(CC)n1. The molecule has 0 fully saturated rings. The Morgan fingerprint density at radius 1 is 1.39 bits per heavy atom.